The predicted octanol–water partition coefficient (Wildman–Crippen LogP) is 1.62. The summed E-state index contributed by atoms with van der Waals surface area (Å²) >= 11 is 0. The number of amides is 1. The molecule has 6 heteroatoms. The Balaban J connectivity index is 2.67. The number of carbonyl (C=O) groups excluding carboxylic acids is 1. The SMILES string of the molecule is Cc1oc(NC(=O)CN(C)CC(C)(C)CN)c(C#N)c1C. The van der Waals surface area contributed by atoms with E-state index >= 15 is 0 Å². The van der Waals surface area contributed by atoms with Crippen LogP contribution in [0.3, 0.4) is 0 Å². The van der Waals surface area contributed by atoms with Crippen molar-refractivity contribution in [2.75, 3.05) is 32.0 Å². The molecule has 116 valence electrons. The smallest absolute Gasteiger partial charge is 0.240 e. The molecular formula is C15H24N4O2. The standard InChI is InChI=1S/C15H24N4O2/c1-10-11(2)21-14(12(10)6-16)18-13(20)7-19(5)9-15(3,4)8-17/h7-9,17H2,1-5H3,(H,18,20). The van der Waals surface area contributed by atoms with E-state index in [-0.39, 0.29) is 23.8 Å². The number of furan rings is 1. The van der Waals surface area contributed by atoms with E-state index in [4.69, 9.17) is 15.4 Å². The quantitative estimate of drug-likeness (QED) is 0.830. The molecule has 1 aromatic rings. The van der Waals surface area contributed by atoms with E-state index < -0.39 is 0 Å². The first-order chi connectivity index (χ1) is 9.70. The van der Waals surface area contributed by atoms with Gasteiger partial charge in [0.1, 0.15) is 17.4 Å². The minimum Gasteiger partial charge on any atom is -0.444 e. The van der Waals surface area contributed by atoms with E-state index in [1.807, 2.05) is 11.9 Å². The molecule has 0 spiro atoms. The van der Waals surface area contributed by atoms with Gasteiger partial charge in [-0.25, -0.2) is 0 Å². The van der Waals surface area contributed by atoms with Crippen molar-refractivity contribution in [3.8, 4) is 6.07 Å². The minimum atomic E-state index is -0.212. The van der Waals surface area contributed by atoms with Gasteiger partial charge in [0.2, 0.25) is 11.8 Å². The topological polar surface area (TPSA) is 95.3 Å². The number of anilines is 1. The number of hydrogen-bond donors (Lipinski definition) is 2. The third-order valence-corrected chi connectivity index (χ3v) is 3.41. The van der Waals surface area contributed by atoms with Gasteiger partial charge in [0, 0.05) is 12.1 Å². The summed E-state index contributed by atoms with van der Waals surface area (Å²) in [5.41, 5.74) is 6.77. The van der Waals surface area contributed by atoms with Crippen molar-refractivity contribution in [1.29, 1.82) is 5.26 Å². The summed E-state index contributed by atoms with van der Waals surface area (Å²) in [5, 5.41) is 11.8. The Bertz CT molecular complexity index is 555. The molecule has 0 saturated heterocycles. The van der Waals surface area contributed by atoms with Crippen LogP contribution in [-0.2, 0) is 4.79 Å². The summed E-state index contributed by atoms with van der Waals surface area (Å²) in [6.45, 7) is 9.13. The Kier molecular flexibility index (Phi) is 5.53. The monoisotopic (exact) mass is 292 g/mol. The first kappa shape index (κ1) is 17.2. The summed E-state index contributed by atoms with van der Waals surface area (Å²) in [4.78, 5) is 13.9. The lowest BCUT2D eigenvalue weighted by Crippen LogP contribution is -2.40. The Labute approximate surface area is 125 Å². The fourth-order valence-corrected chi connectivity index (χ4v) is 2.11. The maximum absolute atomic E-state index is 12.0. The molecule has 0 saturated carbocycles. The van der Waals surface area contributed by atoms with E-state index in [1.165, 1.54) is 0 Å². The number of likely N-dealkylation sites (N-methyl/N-ethyl adjacent to an activating group) is 1. The van der Waals surface area contributed by atoms with Crippen LogP contribution in [0.5, 0.6) is 0 Å². The zero-order valence-corrected chi connectivity index (χ0v) is 13.4. The molecule has 0 aliphatic heterocycles. The van der Waals surface area contributed by atoms with Gasteiger partial charge in [-0.05, 0) is 32.9 Å². The molecule has 0 aromatic carbocycles. The first-order valence-electron chi connectivity index (χ1n) is 6.88. The molecule has 1 aromatic heterocycles. The fourth-order valence-electron chi connectivity index (χ4n) is 2.11. The second kappa shape index (κ2) is 6.74. The number of nitrogens with zero attached hydrogens (tertiary/aromatic N) is 2. The normalized spacial score (nSPS) is 11.5. The average Bonchev–Trinajstić information content (AvgIpc) is 2.63. The summed E-state index contributed by atoms with van der Waals surface area (Å²) in [5.74, 6) is 0.652. The molecule has 1 amide bonds. The summed E-state index contributed by atoms with van der Waals surface area (Å²) in [7, 11) is 1.86. The first-order valence-corrected chi connectivity index (χ1v) is 6.88. The second-order valence-electron chi connectivity index (χ2n) is 6.19. The zero-order chi connectivity index (χ0) is 16.2. The molecule has 0 aliphatic carbocycles. The molecule has 21 heavy (non-hydrogen) atoms. The Morgan fingerprint density at radius 3 is 2.62 bits per heavy atom. The molecule has 6 nitrogen and oxygen atoms in total. The molecule has 1 heterocycles. The highest BCUT2D eigenvalue weighted by Crippen LogP contribution is 2.25. The minimum absolute atomic E-state index is 0.0509. The van der Waals surface area contributed by atoms with Gasteiger partial charge in [-0.1, -0.05) is 13.8 Å². The van der Waals surface area contributed by atoms with Crippen LogP contribution in [-0.4, -0.2) is 37.5 Å². The fraction of sp³-hybridized carbons (Fsp3) is 0.600. The van der Waals surface area contributed by atoms with Crippen LogP contribution in [0, 0.1) is 30.6 Å². The molecule has 0 unspecified atom stereocenters. The van der Waals surface area contributed by atoms with Gasteiger partial charge in [-0.2, -0.15) is 5.26 Å². The molecule has 1 rings (SSSR count). The molecule has 0 radical (unpaired) electrons. The zero-order valence-electron chi connectivity index (χ0n) is 13.4. The van der Waals surface area contributed by atoms with Crippen molar-refractivity contribution >= 4 is 11.8 Å². The van der Waals surface area contributed by atoms with Gasteiger partial charge in [0.25, 0.3) is 0 Å². The van der Waals surface area contributed by atoms with Crippen LogP contribution in [0.4, 0.5) is 5.88 Å². The van der Waals surface area contributed by atoms with Crippen molar-refractivity contribution in [3.05, 3.63) is 16.9 Å². The lowest BCUT2D eigenvalue weighted by molar-refractivity contribution is -0.117. The Morgan fingerprint density at radius 2 is 2.10 bits per heavy atom. The van der Waals surface area contributed by atoms with Gasteiger partial charge < -0.3 is 10.2 Å². The maximum Gasteiger partial charge on any atom is 0.240 e. The highest BCUT2D eigenvalue weighted by Gasteiger charge is 2.21. The van der Waals surface area contributed by atoms with Crippen LogP contribution >= 0.6 is 0 Å². The van der Waals surface area contributed by atoms with Crippen molar-refractivity contribution < 1.29 is 9.21 Å². The number of nitrogens with one attached hydrogen (secondary N) is 1. The van der Waals surface area contributed by atoms with E-state index in [0.29, 0.717) is 24.4 Å². The molecule has 0 bridgehead atoms. The van der Waals surface area contributed by atoms with Gasteiger partial charge in [-0.15, -0.1) is 0 Å². The van der Waals surface area contributed by atoms with Crippen LogP contribution < -0.4 is 11.1 Å². The third kappa shape index (κ3) is 4.59. The molecule has 0 fully saturated rings. The van der Waals surface area contributed by atoms with Crippen LogP contribution in [0.2, 0.25) is 0 Å². The summed E-state index contributed by atoms with van der Waals surface area (Å²) < 4.78 is 5.42. The van der Waals surface area contributed by atoms with Crippen LogP contribution in [0.1, 0.15) is 30.7 Å². The van der Waals surface area contributed by atoms with E-state index in [1.54, 1.807) is 13.8 Å². The number of nitriles is 1. The average molecular weight is 292 g/mol. The van der Waals surface area contributed by atoms with E-state index in [0.717, 1.165) is 5.56 Å². The second-order valence-corrected chi connectivity index (χ2v) is 6.19. The molecule has 3 N–H and O–H groups in total. The van der Waals surface area contributed by atoms with Crippen molar-refractivity contribution in [3.63, 3.8) is 0 Å². The predicted molar refractivity (Wildman–Crippen MR) is 81.9 cm³/mol. The highest BCUT2D eigenvalue weighted by atomic mass is 16.4. The van der Waals surface area contributed by atoms with Crippen LogP contribution in [0.15, 0.2) is 4.42 Å². The summed E-state index contributed by atoms with van der Waals surface area (Å²) in [6.07, 6.45) is 0. The number of aryl methyl sites for hydroxylation is 1. The highest BCUT2D eigenvalue weighted by molar-refractivity contribution is 5.92. The third-order valence-electron chi connectivity index (χ3n) is 3.41. The van der Waals surface area contributed by atoms with Gasteiger partial charge in [0.15, 0.2) is 0 Å². The molecular weight excluding hydrogens is 268 g/mol. The van der Waals surface area contributed by atoms with Crippen molar-refractivity contribution in [2.45, 2.75) is 27.7 Å². The van der Waals surface area contributed by atoms with Crippen molar-refractivity contribution in [2.24, 2.45) is 11.1 Å². The number of nitrogens with two attached hydrogens (primary N) is 1. The van der Waals surface area contributed by atoms with E-state index in [2.05, 4.69) is 25.2 Å². The lowest BCUT2D eigenvalue weighted by Gasteiger charge is -2.28. The lowest BCUT2D eigenvalue weighted by atomic mass is 9.93. The van der Waals surface area contributed by atoms with Crippen LogP contribution in [0.25, 0.3) is 0 Å². The number of hydrogen-bond acceptors (Lipinski definition) is 5. The largest absolute Gasteiger partial charge is 0.444 e. The van der Waals surface area contributed by atoms with E-state index in [9.17, 15) is 4.79 Å². The van der Waals surface area contributed by atoms with Gasteiger partial charge in [-0.3, -0.25) is 15.0 Å². The summed E-state index contributed by atoms with van der Waals surface area (Å²) in [6, 6.07) is 2.05. The Morgan fingerprint density at radius 1 is 1.48 bits per heavy atom. The van der Waals surface area contributed by atoms with Gasteiger partial charge in [0.05, 0.1) is 6.54 Å². The van der Waals surface area contributed by atoms with Gasteiger partial charge >= 0.3 is 0 Å². The molecule has 0 atom stereocenters. The maximum atomic E-state index is 12.0. The Hall–Kier alpha value is -1.84. The molecule has 0 aliphatic rings. The number of rotatable bonds is 6. The number of carbonyl (C=O) groups is 1. The van der Waals surface area contributed by atoms with Crippen molar-refractivity contribution in [1.82, 2.24) is 4.90 Å².